The van der Waals surface area contributed by atoms with Crippen LogP contribution in [0.25, 0.3) is 0 Å². The predicted molar refractivity (Wildman–Crippen MR) is 78.4 cm³/mol. The summed E-state index contributed by atoms with van der Waals surface area (Å²) >= 11 is 0. The van der Waals surface area contributed by atoms with Crippen molar-refractivity contribution < 1.29 is 19.1 Å². The molecule has 0 spiro atoms. The molecule has 1 atom stereocenters. The molecule has 116 valence electrons. The van der Waals surface area contributed by atoms with Crippen LogP contribution >= 0.6 is 0 Å². The molecule has 0 saturated heterocycles. The summed E-state index contributed by atoms with van der Waals surface area (Å²) in [6, 6.07) is 3.36. The zero-order valence-corrected chi connectivity index (χ0v) is 13.5. The predicted octanol–water partition coefficient (Wildman–Crippen LogP) is 3.05. The Hall–Kier alpha value is -1.91. The average Bonchev–Trinajstić information content (AvgIpc) is 2.33. The number of hydrogen-bond donors (Lipinski definition) is 0. The Morgan fingerprint density at radius 3 is 2.19 bits per heavy atom. The van der Waals surface area contributed by atoms with Gasteiger partial charge in [0.05, 0.1) is 5.41 Å². The first kappa shape index (κ1) is 17.1. The SMILES string of the molecule is CC(C)(C)OC(=O)C(OC(=O)C(C)(C)C)c1cccnc1. The molecule has 1 unspecified atom stereocenters. The molecule has 5 nitrogen and oxygen atoms in total. The van der Waals surface area contributed by atoms with Crippen LogP contribution in [0.15, 0.2) is 24.5 Å². The second-order valence-electron chi connectivity index (χ2n) is 6.86. The van der Waals surface area contributed by atoms with E-state index in [1.807, 2.05) is 0 Å². The number of nitrogens with zero attached hydrogens (tertiary/aromatic N) is 1. The van der Waals surface area contributed by atoms with Crippen molar-refractivity contribution in [3.63, 3.8) is 0 Å². The highest BCUT2D eigenvalue weighted by Crippen LogP contribution is 2.26. The summed E-state index contributed by atoms with van der Waals surface area (Å²) in [6.45, 7) is 10.5. The van der Waals surface area contributed by atoms with Crippen LogP contribution in [-0.4, -0.2) is 22.5 Å². The summed E-state index contributed by atoms with van der Waals surface area (Å²) < 4.78 is 10.7. The summed E-state index contributed by atoms with van der Waals surface area (Å²) in [5, 5.41) is 0. The third kappa shape index (κ3) is 5.53. The smallest absolute Gasteiger partial charge is 0.352 e. The lowest BCUT2D eigenvalue weighted by molar-refractivity contribution is -0.180. The zero-order chi connectivity index (χ0) is 16.3. The molecule has 0 fully saturated rings. The number of pyridine rings is 1. The molecule has 1 heterocycles. The molecule has 0 amide bonds. The van der Waals surface area contributed by atoms with Crippen molar-refractivity contribution in [2.24, 2.45) is 5.41 Å². The summed E-state index contributed by atoms with van der Waals surface area (Å²) in [5.41, 5.74) is -0.877. The minimum absolute atomic E-state index is 0.470. The maximum absolute atomic E-state index is 12.3. The molecule has 0 aliphatic rings. The molecule has 0 N–H and O–H groups in total. The van der Waals surface area contributed by atoms with Crippen molar-refractivity contribution in [2.75, 3.05) is 0 Å². The third-order valence-corrected chi connectivity index (χ3v) is 2.45. The quantitative estimate of drug-likeness (QED) is 0.801. The van der Waals surface area contributed by atoms with Crippen LogP contribution in [0.5, 0.6) is 0 Å². The lowest BCUT2D eigenvalue weighted by atomic mass is 9.97. The second-order valence-corrected chi connectivity index (χ2v) is 6.86. The molecule has 1 aromatic rings. The fourth-order valence-corrected chi connectivity index (χ4v) is 1.42. The van der Waals surface area contributed by atoms with E-state index in [-0.39, 0.29) is 0 Å². The lowest BCUT2D eigenvalue weighted by Gasteiger charge is -2.26. The molecular formula is C16H23NO4. The Balaban J connectivity index is 3.02. The number of hydrogen-bond acceptors (Lipinski definition) is 5. The topological polar surface area (TPSA) is 65.5 Å². The molecule has 0 aliphatic carbocycles. The highest BCUT2D eigenvalue weighted by Gasteiger charge is 2.34. The monoisotopic (exact) mass is 293 g/mol. The second kappa shape index (κ2) is 6.24. The Morgan fingerprint density at radius 2 is 1.76 bits per heavy atom. The van der Waals surface area contributed by atoms with Crippen LogP contribution in [0.2, 0.25) is 0 Å². The van der Waals surface area contributed by atoms with E-state index >= 15 is 0 Å². The average molecular weight is 293 g/mol. The molecule has 0 aliphatic heterocycles. The Morgan fingerprint density at radius 1 is 1.14 bits per heavy atom. The maximum atomic E-state index is 12.3. The van der Waals surface area contributed by atoms with Gasteiger partial charge in [0.1, 0.15) is 5.60 Å². The van der Waals surface area contributed by atoms with Crippen LogP contribution in [0.1, 0.15) is 53.2 Å². The van der Waals surface area contributed by atoms with Gasteiger partial charge < -0.3 is 9.47 Å². The van der Waals surface area contributed by atoms with Gasteiger partial charge in [-0.05, 0) is 47.6 Å². The molecule has 0 aromatic carbocycles. The van der Waals surface area contributed by atoms with Gasteiger partial charge in [0.15, 0.2) is 0 Å². The Bertz CT molecular complexity index is 497. The standard InChI is InChI=1S/C16H23NO4/c1-15(2,3)14(19)20-12(11-8-7-9-17-10-11)13(18)21-16(4,5)6/h7-10,12H,1-6H3. The van der Waals surface area contributed by atoms with E-state index in [2.05, 4.69) is 4.98 Å². The van der Waals surface area contributed by atoms with E-state index in [0.29, 0.717) is 5.56 Å². The fraction of sp³-hybridized carbons (Fsp3) is 0.562. The Labute approximate surface area is 125 Å². The van der Waals surface area contributed by atoms with Gasteiger partial charge in [-0.2, -0.15) is 0 Å². The van der Waals surface area contributed by atoms with Crippen LogP contribution < -0.4 is 0 Å². The van der Waals surface area contributed by atoms with Crippen molar-refractivity contribution in [1.29, 1.82) is 0 Å². The van der Waals surface area contributed by atoms with E-state index in [1.54, 1.807) is 59.9 Å². The minimum atomic E-state index is -1.11. The lowest BCUT2D eigenvalue weighted by Crippen LogP contribution is -2.33. The van der Waals surface area contributed by atoms with Gasteiger partial charge in [0, 0.05) is 18.0 Å². The number of rotatable bonds is 3. The van der Waals surface area contributed by atoms with E-state index < -0.39 is 29.1 Å². The molecule has 0 saturated carbocycles. The normalized spacial score (nSPS) is 13.4. The first-order valence-electron chi connectivity index (χ1n) is 6.84. The van der Waals surface area contributed by atoms with Crippen molar-refractivity contribution in [3.05, 3.63) is 30.1 Å². The van der Waals surface area contributed by atoms with E-state index in [1.165, 1.54) is 6.20 Å². The van der Waals surface area contributed by atoms with Gasteiger partial charge in [0.25, 0.3) is 0 Å². The van der Waals surface area contributed by atoms with Crippen LogP contribution in [0, 0.1) is 5.41 Å². The maximum Gasteiger partial charge on any atom is 0.352 e. The van der Waals surface area contributed by atoms with Gasteiger partial charge in [-0.25, -0.2) is 4.79 Å². The number of aromatic nitrogens is 1. The summed E-state index contributed by atoms with van der Waals surface area (Å²) in [4.78, 5) is 28.3. The van der Waals surface area contributed by atoms with E-state index in [9.17, 15) is 9.59 Å². The first-order chi connectivity index (χ1) is 9.50. The van der Waals surface area contributed by atoms with Crippen molar-refractivity contribution >= 4 is 11.9 Å². The molecular weight excluding hydrogens is 270 g/mol. The van der Waals surface area contributed by atoms with Crippen LogP contribution in [-0.2, 0) is 19.1 Å². The number of ether oxygens (including phenoxy) is 2. The number of carbonyl (C=O) groups excluding carboxylic acids is 2. The van der Waals surface area contributed by atoms with Crippen LogP contribution in [0.3, 0.4) is 0 Å². The Kier molecular flexibility index (Phi) is 5.10. The number of esters is 2. The molecule has 21 heavy (non-hydrogen) atoms. The number of carbonyl (C=O) groups is 2. The summed E-state index contributed by atoms with van der Waals surface area (Å²) in [5.74, 6) is -1.07. The molecule has 0 radical (unpaired) electrons. The van der Waals surface area contributed by atoms with Gasteiger partial charge >= 0.3 is 11.9 Å². The zero-order valence-electron chi connectivity index (χ0n) is 13.5. The third-order valence-electron chi connectivity index (χ3n) is 2.45. The highest BCUT2D eigenvalue weighted by atomic mass is 16.6. The first-order valence-corrected chi connectivity index (χ1v) is 6.84. The fourth-order valence-electron chi connectivity index (χ4n) is 1.42. The minimum Gasteiger partial charge on any atom is -0.457 e. The molecule has 0 bridgehead atoms. The van der Waals surface area contributed by atoms with E-state index in [4.69, 9.17) is 9.47 Å². The summed E-state index contributed by atoms with van der Waals surface area (Å²) in [6.07, 6.45) is 1.97. The van der Waals surface area contributed by atoms with Gasteiger partial charge in [-0.3, -0.25) is 9.78 Å². The van der Waals surface area contributed by atoms with Gasteiger partial charge in [-0.15, -0.1) is 0 Å². The van der Waals surface area contributed by atoms with Gasteiger partial charge in [-0.1, -0.05) is 6.07 Å². The molecule has 1 aromatic heterocycles. The molecule has 5 heteroatoms. The van der Waals surface area contributed by atoms with E-state index in [0.717, 1.165) is 0 Å². The van der Waals surface area contributed by atoms with Gasteiger partial charge in [0.2, 0.25) is 6.10 Å². The summed E-state index contributed by atoms with van der Waals surface area (Å²) in [7, 11) is 0. The largest absolute Gasteiger partial charge is 0.457 e. The van der Waals surface area contributed by atoms with Crippen molar-refractivity contribution in [2.45, 2.75) is 53.2 Å². The van der Waals surface area contributed by atoms with Crippen molar-refractivity contribution in [1.82, 2.24) is 4.98 Å². The van der Waals surface area contributed by atoms with Crippen LogP contribution in [0.4, 0.5) is 0 Å². The molecule has 1 rings (SSSR count). The highest BCUT2D eigenvalue weighted by molar-refractivity contribution is 5.82. The van der Waals surface area contributed by atoms with Crippen molar-refractivity contribution in [3.8, 4) is 0 Å².